The summed E-state index contributed by atoms with van der Waals surface area (Å²) >= 11 is 0. The number of ether oxygens (including phenoxy) is 2. The van der Waals surface area contributed by atoms with Crippen molar-refractivity contribution in [2.75, 3.05) is 26.8 Å². The number of likely N-dealkylation sites (N-methyl/N-ethyl adjacent to an activating group) is 1. The van der Waals surface area contributed by atoms with Crippen molar-refractivity contribution in [2.45, 2.75) is 39.2 Å². The Kier molecular flexibility index (Phi) is 4.59. The maximum atomic E-state index is 11.5. The van der Waals surface area contributed by atoms with Crippen LogP contribution in [0.3, 0.4) is 0 Å². The summed E-state index contributed by atoms with van der Waals surface area (Å²) < 4.78 is 10.7. The molecule has 1 aliphatic rings. The maximum Gasteiger partial charge on any atom is 0.410 e. The van der Waals surface area contributed by atoms with Gasteiger partial charge in [-0.1, -0.05) is 0 Å². The Morgan fingerprint density at radius 2 is 2.00 bits per heavy atom. The van der Waals surface area contributed by atoms with Crippen molar-refractivity contribution in [2.24, 2.45) is 5.92 Å². The Balaban J connectivity index is 2.07. The van der Waals surface area contributed by atoms with Crippen LogP contribution in [-0.2, 0) is 9.47 Å². The predicted octanol–water partition coefficient (Wildman–Crippen LogP) is 2.28. The molecule has 0 saturated heterocycles. The van der Waals surface area contributed by atoms with E-state index in [0.717, 1.165) is 12.5 Å². The van der Waals surface area contributed by atoms with Crippen LogP contribution in [0.5, 0.6) is 0 Å². The van der Waals surface area contributed by atoms with Gasteiger partial charge in [-0.25, -0.2) is 4.79 Å². The van der Waals surface area contributed by atoms with Gasteiger partial charge in [-0.15, -0.1) is 0 Å². The van der Waals surface area contributed by atoms with Crippen LogP contribution in [0.4, 0.5) is 4.79 Å². The van der Waals surface area contributed by atoms with Gasteiger partial charge in [0.25, 0.3) is 0 Å². The lowest BCUT2D eigenvalue weighted by atomic mass is 10.2. The number of rotatable bonds is 5. The first kappa shape index (κ1) is 13.3. The highest BCUT2D eigenvalue weighted by molar-refractivity contribution is 5.67. The SMILES string of the molecule is CN(CCOCC1CC1)C(=O)OC(C)(C)C. The molecule has 1 saturated carbocycles. The second-order valence-electron chi connectivity index (χ2n) is 5.42. The molecule has 0 aromatic rings. The van der Waals surface area contributed by atoms with Crippen molar-refractivity contribution < 1.29 is 14.3 Å². The van der Waals surface area contributed by atoms with E-state index in [4.69, 9.17) is 9.47 Å². The summed E-state index contributed by atoms with van der Waals surface area (Å²) in [5.74, 6) is 0.770. The number of hydrogen-bond acceptors (Lipinski definition) is 3. The van der Waals surface area contributed by atoms with Crippen molar-refractivity contribution in [3.05, 3.63) is 0 Å². The van der Waals surface area contributed by atoms with Crippen LogP contribution < -0.4 is 0 Å². The molecule has 0 radical (unpaired) electrons. The van der Waals surface area contributed by atoms with Crippen LogP contribution in [0.15, 0.2) is 0 Å². The molecular weight excluding hydrogens is 206 g/mol. The molecule has 1 rings (SSSR count). The van der Waals surface area contributed by atoms with E-state index in [1.54, 1.807) is 11.9 Å². The lowest BCUT2D eigenvalue weighted by Crippen LogP contribution is -2.36. The normalized spacial score (nSPS) is 16.0. The summed E-state index contributed by atoms with van der Waals surface area (Å²) in [6, 6.07) is 0. The molecule has 0 atom stereocenters. The van der Waals surface area contributed by atoms with Crippen molar-refractivity contribution >= 4 is 6.09 Å². The number of carbonyl (C=O) groups is 1. The second kappa shape index (κ2) is 5.53. The molecule has 16 heavy (non-hydrogen) atoms. The Hall–Kier alpha value is -0.770. The van der Waals surface area contributed by atoms with E-state index in [0.29, 0.717) is 13.2 Å². The van der Waals surface area contributed by atoms with E-state index < -0.39 is 5.60 Å². The molecular formula is C12H23NO3. The quantitative estimate of drug-likeness (QED) is 0.679. The minimum atomic E-state index is -0.430. The van der Waals surface area contributed by atoms with Crippen molar-refractivity contribution in [1.82, 2.24) is 4.90 Å². The number of amides is 1. The van der Waals surface area contributed by atoms with Crippen molar-refractivity contribution in [3.8, 4) is 0 Å². The van der Waals surface area contributed by atoms with Crippen LogP contribution in [0.25, 0.3) is 0 Å². The summed E-state index contributed by atoms with van der Waals surface area (Å²) in [4.78, 5) is 13.1. The minimum Gasteiger partial charge on any atom is -0.444 e. The van der Waals surface area contributed by atoms with Gasteiger partial charge in [-0.2, -0.15) is 0 Å². The fraction of sp³-hybridized carbons (Fsp3) is 0.917. The first-order valence-electron chi connectivity index (χ1n) is 5.90. The standard InChI is InChI=1S/C12H23NO3/c1-12(2,3)16-11(14)13(4)7-8-15-9-10-5-6-10/h10H,5-9H2,1-4H3. The molecule has 4 heteroatoms. The Morgan fingerprint density at radius 3 is 2.50 bits per heavy atom. The van der Waals surface area contributed by atoms with Gasteiger partial charge in [0, 0.05) is 20.2 Å². The molecule has 0 aromatic carbocycles. The molecule has 1 fully saturated rings. The third kappa shape index (κ3) is 5.95. The van der Waals surface area contributed by atoms with Gasteiger partial charge < -0.3 is 14.4 Å². The Bertz CT molecular complexity index is 231. The Labute approximate surface area is 97.9 Å². The van der Waals surface area contributed by atoms with Gasteiger partial charge in [0.15, 0.2) is 0 Å². The third-order valence-electron chi connectivity index (χ3n) is 2.33. The molecule has 1 amide bonds. The van der Waals surface area contributed by atoms with E-state index in [-0.39, 0.29) is 6.09 Å². The number of nitrogens with zero attached hydrogens (tertiary/aromatic N) is 1. The molecule has 0 unspecified atom stereocenters. The molecule has 94 valence electrons. The summed E-state index contributed by atoms with van der Waals surface area (Å²) in [7, 11) is 1.73. The minimum absolute atomic E-state index is 0.289. The van der Waals surface area contributed by atoms with Gasteiger partial charge in [0.2, 0.25) is 0 Å². The van der Waals surface area contributed by atoms with Gasteiger partial charge >= 0.3 is 6.09 Å². The average molecular weight is 229 g/mol. The molecule has 0 heterocycles. The van der Waals surface area contributed by atoms with E-state index in [1.807, 2.05) is 20.8 Å². The highest BCUT2D eigenvalue weighted by atomic mass is 16.6. The van der Waals surface area contributed by atoms with E-state index >= 15 is 0 Å². The zero-order chi connectivity index (χ0) is 12.2. The molecule has 0 aromatic heterocycles. The second-order valence-corrected chi connectivity index (χ2v) is 5.42. The third-order valence-corrected chi connectivity index (χ3v) is 2.33. The monoisotopic (exact) mass is 229 g/mol. The smallest absolute Gasteiger partial charge is 0.410 e. The largest absolute Gasteiger partial charge is 0.444 e. The van der Waals surface area contributed by atoms with Gasteiger partial charge in [-0.05, 0) is 39.5 Å². The Morgan fingerprint density at radius 1 is 1.38 bits per heavy atom. The fourth-order valence-electron chi connectivity index (χ4n) is 1.17. The first-order chi connectivity index (χ1) is 7.38. The van der Waals surface area contributed by atoms with Crippen LogP contribution in [0.1, 0.15) is 33.6 Å². The van der Waals surface area contributed by atoms with Crippen molar-refractivity contribution in [3.63, 3.8) is 0 Å². The molecule has 4 nitrogen and oxygen atoms in total. The number of hydrogen-bond donors (Lipinski definition) is 0. The summed E-state index contributed by atoms with van der Waals surface area (Å²) in [6.45, 7) is 7.60. The predicted molar refractivity (Wildman–Crippen MR) is 62.4 cm³/mol. The molecule has 0 aliphatic heterocycles. The van der Waals surface area contributed by atoms with Crippen LogP contribution in [-0.4, -0.2) is 43.4 Å². The topological polar surface area (TPSA) is 38.8 Å². The summed E-state index contributed by atoms with van der Waals surface area (Å²) in [5.41, 5.74) is -0.430. The first-order valence-corrected chi connectivity index (χ1v) is 5.90. The highest BCUT2D eigenvalue weighted by Crippen LogP contribution is 2.28. The summed E-state index contributed by atoms with van der Waals surface area (Å²) in [5, 5.41) is 0. The van der Waals surface area contributed by atoms with E-state index in [1.165, 1.54) is 12.8 Å². The van der Waals surface area contributed by atoms with Gasteiger partial charge in [0.05, 0.1) is 6.61 Å². The van der Waals surface area contributed by atoms with E-state index in [2.05, 4.69) is 0 Å². The molecule has 0 N–H and O–H groups in total. The fourth-order valence-corrected chi connectivity index (χ4v) is 1.17. The van der Waals surface area contributed by atoms with Crippen LogP contribution in [0, 0.1) is 5.92 Å². The zero-order valence-corrected chi connectivity index (χ0v) is 10.8. The summed E-state index contributed by atoms with van der Waals surface area (Å²) in [6.07, 6.45) is 2.30. The molecule has 1 aliphatic carbocycles. The van der Waals surface area contributed by atoms with Gasteiger partial charge in [0.1, 0.15) is 5.60 Å². The van der Waals surface area contributed by atoms with Crippen LogP contribution in [0.2, 0.25) is 0 Å². The maximum absolute atomic E-state index is 11.5. The van der Waals surface area contributed by atoms with Gasteiger partial charge in [-0.3, -0.25) is 0 Å². The van der Waals surface area contributed by atoms with E-state index in [9.17, 15) is 4.79 Å². The number of carbonyl (C=O) groups excluding carboxylic acids is 1. The average Bonchev–Trinajstić information content (AvgIpc) is 2.92. The lowest BCUT2D eigenvalue weighted by molar-refractivity contribution is 0.0226. The lowest BCUT2D eigenvalue weighted by Gasteiger charge is -2.24. The van der Waals surface area contributed by atoms with Crippen molar-refractivity contribution in [1.29, 1.82) is 0 Å². The molecule has 0 spiro atoms. The molecule has 0 bridgehead atoms. The van der Waals surface area contributed by atoms with Crippen LogP contribution >= 0.6 is 0 Å². The highest BCUT2D eigenvalue weighted by Gasteiger charge is 2.22. The zero-order valence-electron chi connectivity index (χ0n) is 10.8.